The predicted octanol–water partition coefficient (Wildman–Crippen LogP) is 3.51. The monoisotopic (exact) mass is 425 g/mol. The minimum atomic E-state index is -0.836. The Labute approximate surface area is 180 Å². The van der Waals surface area contributed by atoms with Gasteiger partial charge in [-0.3, -0.25) is 15.0 Å². The van der Waals surface area contributed by atoms with Crippen LogP contribution in [-0.4, -0.2) is 44.7 Å². The molecule has 1 aliphatic heterocycles. The minimum Gasteiger partial charge on any atom is -0.455 e. The van der Waals surface area contributed by atoms with Crippen LogP contribution in [0, 0.1) is 18.3 Å². The van der Waals surface area contributed by atoms with E-state index in [9.17, 15) is 14.7 Å². The molecular formula is C22H27N5O4. The van der Waals surface area contributed by atoms with Crippen LogP contribution in [0.25, 0.3) is 0 Å². The largest absolute Gasteiger partial charge is 0.455 e. The number of aliphatic hydroxyl groups excluding tert-OH is 1. The molecule has 1 unspecified atom stereocenters. The first-order chi connectivity index (χ1) is 14.7. The van der Waals surface area contributed by atoms with Gasteiger partial charge in [-0.05, 0) is 44.4 Å². The Balaban J connectivity index is 1.40. The van der Waals surface area contributed by atoms with Crippen molar-refractivity contribution in [3.63, 3.8) is 0 Å². The number of urea groups is 1. The van der Waals surface area contributed by atoms with Gasteiger partial charge in [0.2, 0.25) is 5.91 Å². The second-order valence-electron chi connectivity index (χ2n) is 8.76. The number of anilines is 2. The maximum absolute atomic E-state index is 12.5. The van der Waals surface area contributed by atoms with E-state index in [1.54, 1.807) is 37.4 Å². The first-order valence-corrected chi connectivity index (χ1v) is 10.4. The van der Waals surface area contributed by atoms with Gasteiger partial charge in [-0.15, -0.1) is 0 Å². The molecule has 2 aliphatic rings. The quantitative estimate of drug-likeness (QED) is 0.675. The zero-order valence-electron chi connectivity index (χ0n) is 17.9. The number of aromatic nitrogens is 2. The summed E-state index contributed by atoms with van der Waals surface area (Å²) >= 11 is 0. The summed E-state index contributed by atoms with van der Waals surface area (Å²) in [5.41, 5.74) is 0.250. The molecule has 0 bridgehead atoms. The number of nitrogens with zero attached hydrogens (tertiary/aromatic N) is 3. The van der Waals surface area contributed by atoms with Crippen LogP contribution in [0.5, 0.6) is 11.5 Å². The molecule has 2 aromatic rings. The Kier molecular flexibility index (Phi) is 5.53. The van der Waals surface area contributed by atoms with Crippen LogP contribution < -0.4 is 15.4 Å². The lowest BCUT2D eigenvalue weighted by atomic mass is 9.91. The molecular weight excluding hydrogens is 398 g/mol. The molecule has 31 heavy (non-hydrogen) atoms. The van der Waals surface area contributed by atoms with Crippen molar-refractivity contribution < 1.29 is 19.4 Å². The van der Waals surface area contributed by atoms with E-state index in [4.69, 9.17) is 4.74 Å². The van der Waals surface area contributed by atoms with Crippen molar-refractivity contribution in [3.05, 3.63) is 36.2 Å². The predicted molar refractivity (Wildman–Crippen MR) is 115 cm³/mol. The van der Waals surface area contributed by atoms with Crippen LogP contribution in [0.1, 0.15) is 38.8 Å². The summed E-state index contributed by atoms with van der Waals surface area (Å²) < 4.78 is 5.89. The molecule has 1 saturated heterocycles. The zero-order chi connectivity index (χ0) is 22.2. The van der Waals surface area contributed by atoms with Crippen molar-refractivity contribution in [2.45, 2.75) is 46.3 Å². The van der Waals surface area contributed by atoms with Crippen LogP contribution in [0.4, 0.5) is 16.4 Å². The van der Waals surface area contributed by atoms with E-state index >= 15 is 0 Å². The standard InChI is InChI=1S/C22H27N5O4/c1-13-16(31-15-8-10-23-18(12-15)25-19(28)14-4-5-14)6-7-17(24-13)26-21(30)27-11-9-22(2,3)20(27)29/h6-8,10,12,14,20,29H,4-5,9,11H2,1-3H3,(H,23,25,28)(H,24,26,30). The van der Waals surface area contributed by atoms with Crippen LogP contribution in [0.2, 0.25) is 0 Å². The summed E-state index contributed by atoms with van der Waals surface area (Å²) in [5, 5.41) is 15.9. The van der Waals surface area contributed by atoms with Crippen molar-refractivity contribution in [1.29, 1.82) is 0 Å². The van der Waals surface area contributed by atoms with Gasteiger partial charge in [0.15, 0.2) is 0 Å². The van der Waals surface area contributed by atoms with E-state index in [-0.39, 0.29) is 23.3 Å². The SMILES string of the molecule is Cc1nc(NC(=O)N2CCC(C)(C)C2O)ccc1Oc1ccnc(NC(=O)C2CC2)c1. The fourth-order valence-corrected chi connectivity index (χ4v) is 3.45. The summed E-state index contributed by atoms with van der Waals surface area (Å²) in [6.45, 7) is 6.13. The van der Waals surface area contributed by atoms with Crippen LogP contribution in [0.3, 0.4) is 0 Å². The second-order valence-corrected chi connectivity index (χ2v) is 8.76. The normalized spacial score (nSPS) is 19.7. The molecule has 0 aromatic carbocycles. The molecule has 9 nitrogen and oxygen atoms in total. The molecule has 3 amide bonds. The minimum absolute atomic E-state index is 0.0194. The summed E-state index contributed by atoms with van der Waals surface area (Å²) in [4.78, 5) is 34.4. The highest BCUT2D eigenvalue weighted by molar-refractivity contribution is 5.93. The third-order valence-electron chi connectivity index (χ3n) is 5.68. The topological polar surface area (TPSA) is 117 Å². The molecule has 0 radical (unpaired) electrons. The summed E-state index contributed by atoms with van der Waals surface area (Å²) in [6, 6.07) is 6.32. The molecule has 164 valence electrons. The molecule has 2 fully saturated rings. The van der Waals surface area contributed by atoms with Crippen LogP contribution in [0.15, 0.2) is 30.5 Å². The Morgan fingerprint density at radius 3 is 2.61 bits per heavy atom. The lowest BCUT2D eigenvalue weighted by Gasteiger charge is -2.27. The van der Waals surface area contributed by atoms with Gasteiger partial charge in [0.05, 0.1) is 5.69 Å². The number of carbonyl (C=O) groups excluding carboxylic acids is 2. The van der Waals surface area contributed by atoms with Gasteiger partial charge in [0.1, 0.15) is 29.4 Å². The van der Waals surface area contributed by atoms with E-state index in [1.165, 1.54) is 4.90 Å². The van der Waals surface area contributed by atoms with Gasteiger partial charge in [-0.1, -0.05) is 13.8 Å². The van der Waals surface area contributed by atoms with Crippen molar-refractivity contribution in [1.82, 2.24) is 14.9 Å². The third-order valence-corrected chi connectivity index (χ3v) is 5.68. The molecule has 9 heteroatoms. The lowest BCUT2D eigenvalue weighted by molar-refractivity contribution is -0.117. The van der Waals surface area contributed by atoms with E-state index in [0.29, 0.717) is 35.4 Å². The first kappa shape index (κ1) is 21.0. The second kappa shape index (κ2) is 8.14. The van der Waals surface area contributed by atoms with Gasteiger partial charge in [0.25, 0.3) is 0 Å². The molecule has 4 rings (SSSR count). The van der Waals surface area contributed by atoms with E-state index in [2.05, 4.69) is 20.6 Å². The van der Waals surface area contributed by atoms with E-state index < -0.39 is 6.23 Å². The Bertz CT molecular complexity index is 1010. The number of nitrogens with one attached hydrogen (secondary N) is 2. The smallest absolute Gasteiger partial charge is 0.325 e. The maximum Gasteiger partial charge on any atom is 0.325 e. The number of likely N-dealkylation sites (tertiary alicyclic amines) is 1. The molecule has 0 spiro atoms. The molecule has 1 aliphatic carbocycles. The average Bonchev–Trinajstić information content (AvgIpc) is 3.52. The number of ether oxygens (including phenoxy) is 1. The maximum atomic E-state index is 12.5. The first-order valence-electron chi connectivity index (χ1n) is 10.4. The highest BCUT2D eigenvalue weighted by Gasteiger charge is 2.41. The molecule has 2 aromatic heterocycles. The molecule has 3 N–H and O–H groups in total. The number of aliphatic hydroxyl groups is 1. The summed E-state index contributed by atoms with van der Waals surface area (Å²) in [5.74, 6) is 1.92. The number of hydrogen-bond acceptors (Lipinski definition) is 6. The van der Waals surface area contributed by atoms with Crippen molar-refractivity contribution in [3.8, 4) is 11.5 Å². The fourth-order valence-electron chi connectivity index (χ4n) is 3.45. The Hall–Kier alpha value is -3.20. The summed E-state index contributed by atoms with van der Waals surface area (Å²) in [7, 11) is 0. The number of aryl methyl sites for hydroxylation is 1. The summed E-state index contributed by atoms with van der Waals surface area (Å²) in [6.07, 6.45) is 3.31. The molecule has 3 heterocycles. The molecule has 1 atom stereocenters. The fraction of sp³-hybridized carbons (Fsp3) is 0.455. The number of pyridine rings is 2. The highest BCUT2D eigenvalue weighted by Crippen LogP contribution is 2.35. The van der Waals surface area contributed by atoms with Gasteiger partial charge >= 0.3 is 6.03 Å². The number of rotatable bonds is 5. The number of hydrogen-bond donors (Lipinski definition) is 3. The number of carbonyl (C=O) groups is 2. The van der Waals surface area contributed by atoms with Crippen molar-refractivity contribution in [2.75, 3.05) is 17.2 Å². The Morgan fingerprint density at radius 2 is 1.97 bits per heavy atom. The van der Waals surface area contributed by atoms with Crippen molar-refractivity contribution >= 4 is 23.6 Å². The Morgan fingerprint density at radius 1 is 1.19 bits per heavy atom. The van der Waals surface area contributed by atoms with Gasteiger partial charge in [-0.25, -0.2) is 14.8 Å². The van der Waals surface area contributed by atoms with E-state index in [0.717, 1.165) is 19.3 Å². The number of amides is 3. The van der Waals surface area contributed by atoms with E-state index in [1.807, 2.05) is 13.8 Å². The van der Waals surface area contributed by atoms with Crippen molar-refractivity contribution in [2.24, 2.45) is 11.3 Å². The van der Waals surface area contributed by atoms with Gasteiger partial charge < -0.3 is 15.2 Å². The third kappa shape index (κ3) is 4.77. The average molecular weight is 425 g/mol. The van der Waals surface area contributed by atoms with Gasteiger partial charge in [0, 0.05) is 30.1 Å². The van der Waals surface area contributed by atoms with Crippen LogP contribution >= 0.6 is 0 Å². The highest BCUT2D eigenvalue weighted by atomic mass is 16.5. The lowest BCUT2D eigenvalue weighted by Crippen LogP contribution is -2.42. The zero-order valence-corrected chi connectivity index (χ0v) is 17.9. The van der Waals surface area contributed by atoms with Gasteiger partial charge in [-0.2, -0.15) is 0 Å². The molecule has 1 saturated carbocycles. The van der Waals surface area contributed by atoms with Crippen LogP contribution in [-0.2, 0) is 4.79 Å².